The Labute approximate surface area is 158 Å². The van der Waals surface area contributed by atoms with Crippen LogP contribution < -0.4 is 4.74 Å². The van der Waals surface area contributed by atoms with E-state index >= 15 is 0 Å². The predicted molar refractivity (Wildman–Crippen MR) is 105 cm³/mol. The molecule has 0 N–H and O–H groups in total. The molecule has 0 spiro atoms. The Morgan fingerprint density at radius 3 is 1.89 bits per heavy atom. The van der Waals surface area contributed by atoms with Gasteiger partial charge in [0.15, 0.2) is 0 Å². The monoisotopic (exact) mass is 356 g/mol. The lowest BCUT2D eigenvalue weighted by Crippen LogP contribution is -2.18. The molecule has 134 valence electrons. The van der Waals surface area contributed by atoms with Crippen molar-refractivity contribution in [3.05, 3.63) is 108 Å². The fraction of sp³-hybridized carbons (Fsp3) is 0.130. The van der Waals surface area contributed by atoms with Gasteiger partial charge in [-0.05, 0) is 35.4 Å². The third-order valence-corrected chi connectivity index (χ3v) is 4.59. The van der Waals surface area contributed by atoms with Crippen molar-refractivity contribution in [3.63, 3.8) is 0 Å². The van der Waals surface area contributed by atoms with Gasteiger partial charge < -0.3 is 9.47 Å². The second-order valence-corrected chi connectivity index (χ2v) is 6.43. The van der Waals surface area contributed by atoms with Crippen LogP contribution >= 0.6 is 0 Å². The molecule has 1 atom stereocenters. The number of hydrogen-bond acceptors (Lipinski definition) is 4. The van der Waals surface area contributed by atoms with Gasteiger partial charge in [-0.15, -0.1) is 10.2 Å². The molecule has 0 aliphatic carbocycles. The standard InChI is InChI=1S/C23H20N2O2/c1-23(19-13-15-20(26-2)16-14-19)25-24-22(27-23)21(17-9-5-3-6-10-17)18-11-7-4-8-12-18/h3-16H,1-2H3. The van der Waals surface area contributed by atoms with E-state index in [1.165, 1.54) is 0 Å². The predicted octanol–water partition coefficient (Wildman–Crippen LogP) is 5.77. The van der Waals surface area contributed by atoms with Crippen molar-refractivity contribution >= 4 is 5.57 Å². The van der Waals surface area contributed by atoms with Crippen LogP contribution in [0.15, 0.2) is 101 Å². The Hall–Kier alpha value is -3.40. The normalized spacial score (nSPS) is 18.2. The molecule has 4 nitrogen and oxygen atoms in total. The van der Waals surface area contributed by atoms with Gasteiger partial charge in [0.2, 0.25) is 11.6 Å². The van der Waals surface area contributed by atoms with Gasteiger partial charge in [0, 0.05) is 12.5 Å². The lowest BCUT2D eigenvalue weighted by molar-refractivity contribution is 0.0505. The first kappa shape index (κ1) is 17.0. The Kier molecular flexibility index (Phi) is 4.47. The molecule has 0 bridgehead atoms. The number of methoxy groups -OCH3 is 1. The Bertz CT molecular complexity index is 938. The van der Waals surface area contributed by atoms with E-state index in [-0.39, 0.29) is 0 Å². The number of ether oxygens (including phenoxy) is 2. The van der Waals surface area contributed by atoms with E-state index in [2.05, 4.69) is 34.5 Å². The largest absolute Gasteiger partial charge is 0.497 e. The van der Waals surface area contributed by atoms with Gasteiger partial charge in [-0.2, -0.15) is 0 Å². The highest BCUT2D eigenvalue weighted by molar-refractivity contribution is 5.81. The van der Waals surface area contributed by atoms with Crippen molar-refractivity contribution in [2.24, 2.45) is 10.2 Å². The molecule has 0 saturated carbocycles. The lowest BCUT2D eigenvalue weighted by Gasteiger charge is -2.21. The highest BCUT2D eigenvalue weighted by Crippen LogP contribution is 2.40. The summed E-state index contributed by atoms with van der Waals surface area (Å²) in [6.07, 6.45) is 0. The zero-order valence-electron chi connectivity index (χ0n) is 15.3. The van der Waals surface area contributed by atoms with Crippen molar-refractivity contribution in [3.8, 4) is 5.75 Å². The maximum Gasteiger partial charge on any atom is 0.244 e. The van der Waals surface area contributed by atoms with E-state index in [1.54, 1.807) is 7.11 Å². The van der Waals surface area contributed by atoms with E-state index < -0.39 is 5.72 Å². The Morgan fingerprint density at radius 1 is 0.815 bits per heavy atom. The number of hydrogen-bond donors (Lipinski definition) is 0. The molecule has 0 aromatic heterocycles. The van der Waals surface area contributed by atoms with E-state index in [1.807, 2.05) is 67.6 Å². The van der Waals surface area contributed by atoms with Crippen molar-refractivity contribution in [1.29, 1.82) is 0 Å². The average Bonchev–Trinajstić information content (AvgIpc) is 3.13. The molecule has 4 heteroatoms. The van der Waals surface area contributed by atoms with Gasteiger partial charge in [-0.1, -0.05) is 60.7 Å². The van der Waals surface area contributed by atoms with Crippen LogP contribution in [0.2, 0.25) is 0 Å². The Balaban J connectivity index is 1.77. The minimum atomic E-state index is -0.865. The van der Waals surface area contributed by atoms with Crippen molar-refractivity contribution in [2.45, 2.75) is 12.6 Å². The molecule has 1 aliphatic heterocycles. The molecule has 0 amide bonds. The maximum atomic E-state index is 6.28. The van der Waals surface area contributed by atoms with Crippen LogP contribution in [0.25, 0.3) is 5.57 Å². The first-order valence-corrected chi connectivity index (χ1v) is 8.81. The van der Waals surface area contributed by atoms with Crippen LogP contribution in [-0.4, -0.2) is 7.11 Å². The molecule has 1 unspecified atom stereocenters. The summed E-state index contributed by atoms with van der Waals surface area (Å²) in [4.78, 5) is 0. The minimum Gasteiger partial charge on any atom is -0.497 e. The van der Waals surface area contributed by atoms with Gasteiger partial charge >= 0.3 is 0 Å². The molecule has 1 aliphatic rings. The topological polar surface area (TPSA) is 43.2 Å². The highest BCUT2D eigenvalue weighted by atomic mass is 16.5. The van der Waals surface area contributed by atoms with Gasteiger partial charge in [-0.25, -0.2) is 0 Å². The lowest BCUT2D eigenvalue weighted by atomic mass is 9.98. The summed E-state index contributed by atoms with van der Waals surface area (Å²) in [5.41, 5.74) is 3.06. The van der Waals surface area contributed by atoms with Crippen LogP contribution in [-0.2, 0) is 10.5 Å². The first-order valence-electron chi connectivity index (χ1n) is 8.81. The van der Waals surface area contributed by atoms with Crippen LogP contribution in [0, 0.1) is 0 Å². The third-order valence-electron chi connectivity index (χ3n) is 4.59. The van der Waals surface area contributed by atoms with E-state index in [9.17, 15) is 0 Å². The molecule has 1 heterocycles. The summed E-state index contributed by atoms with van der Waals surface area (Å²) in [5.74, 6) is 1.31. The van der Waals surface area contributed by atoms with E-state index in [4.69, 9.17) is 9.47 Å². The molecular formula is C23H20N2O2. The summed E-state index contributed by atoms with van der Waals surface area (Å²) in [6.45, 7) is 1.92. The van der Waals surface area contributed by atoms with Gasteiger partial charge in [0.1, 0.15) is 5.75 Å². The zero-order chi connectivity index (χ0) is 18.7. The number of benzene rings is 3. The van der Waals surface area contributed by atoms with Crippen molar-refractivity contribution in [1.82, 2.24) is 0 Å². The van der Waals surface area contributed by atoms with Gasteiger partial charge in [0.25, 0.3) is 0 Å². The van der Waals surface area contributed by atoms with E-state index in [0.29, 0.717) is 5.88 Å². The molecule has 0 saturated heterocycles. The summed E-state index contributed by atoms with van der Waals surface area (Å²) in [5, 5.41) is 8.86. The second kappa shape index (κ2) is 7.08. The molecule has 27 heavy (non-hydrogen) atoms. The van der Waals surface area contributed by atoms with Crippen molar-refractivity contribution < 1.29 is 9.47 Å². The number of nitrogens with zero attached hydrogens (tertiary/aromatic N) is 2. The quantitative estimate of drug-likeness (QED) is 0.596. The molecule has 3 aromatic carbocycles. The molecule has 0 radical (unpaired) electrons. The van der Waals surface area contributed by atoms with Gasteiger partial charge in [0.05, 0.1) is 12.7 Å². The van der Waals surface area contributed by atoms with Crippen LogP contribution in [0.1, 0.15) is 23.6 Å². The summed E-state index contributed by atoms with van der Waals surface area (Å²) < 4.78 is 11.5. The molecule has 0 fully saturated rings. The SMILES string of the molecule is COc1ccc(C2(C)N=NC(=C(c3ccccc3)c3ccccc3)O2)cc1. The second-order valence-electron chi connectivity index (χ2n) is 6.43. The summed E-state index contributed by atoms with van der Waals surface area (Å²) in [6, 6.07) is 27.9. The van der Waals surface area contributed by atoms with Crippen molar-refractivity contribution in [2.75, 3.05) is 7.11 Å². The zero-order valence-corrected chi connectivity index (χ0v) is 15.3. The summed E-state index contributed by atoms with van der Waals surface area (Å²) >= 11 is 0. The Morgan fingerprint density at radius 2 is 1.37 bits per heavy atom. The minimum absolute atomic E-state index is 0.519. The fourth-order valence-electron chi connectivity index (χ4n) is 3.11. The molecule has 4 rings (SSSR count). The fourth-order valence-corrected chi connectivity index (χ4v) is 3.11. The first-order chi connectivity index (χ1) is 13.2. The number of rotatable bonds is 4. The summed E-state index contributed by atoms with van der Waals surface area (Å²) in [7, 11) is 1.65. The number of azo groups is 1. The third kappa shape index (κ3) is 3.34. The van der Waals surface area contributed by atoms with Crippen LogP contribution in [0.4, 0.5) is 0 Å². The highest BCUT2D eigenvalue weighted by Gasteiger charge is 2.36. The van der Waals surface area contributed by atoms with E-state index in [0.717, 1.165) is 28.0 Å². The van der Waals surface area contributed by atoms with Crippen LogP contribution in [0.3, 0.4) is 0 Å². The average molecular weight is 356 g/mol. The maximum absolute atomic E-state index is 6.28. The van der Waals surface area contributed by atoms with Crippen LogP contribution in [0.5, 0.6) is 5.75 Å². The molecular weight excluding hydrogens is 336 g/mol. The molecule has 3 aromatic rings. The smallest absolute Gasteiger partial charge is 0.244 e. The van der Waals surface area contributed by atoms with Gasteiger partial charge in [-0.3, -0.25) is 0 Å².